The van der Waals surface area contributed by atoms with Crippen molar-refractivity contribution >= 4 is 28.8 Å². The van der Waals surface area contributed by atoms with Gasteiger partial charge in [-0.15, -0.1) is 5.92 Å². The monoisotopic (exact) mass is 561 g/mol. The molecule has 210 valence electrons. The number of aromatic nitrogens is 7. The van der Waals surface area contributed by atoms with Crippen LogP contribution in [0.3, 0.4) is 0 Å². The molecular formula is C27H25F2N9O3. The Bertz CT molecular complexity index is 1850. The number of rotatable bonds is 6. The summed E-state index contributed by atoms with van der Waals surface area (Å²) in [5, 5.41) is 2.75. The van der Waals surface area contributed by atoms with Crippen molar-refractivity contribution < 1.29 is 13.6 Å². The van der Waals surface area contributed by atoms with E-state index >= 15 is 0 Å². The fraction of sp³-hybridized carbons (Fsp3) is 0.370. The van der Waals surface area contributed by atoms with Gasteiger partial charge in [0.2, 0.25) is 11.9 Å². The van der Waals surface area contributed by atoms with Crippen molar-refractivity contribution in [1.29, 1.82) is 0 Å². The maximum absolute atomic E-state index is 13.5. The molecule has 1 aliphatic carbocycles. The predicted molar refractivity (Wildman–Crippen MR) is 145 cm³/mol. The van der Waals surface area contributed by atoms with Gasteiger partial charge in [-0.2, -0.15) is 0 Å². The summed E-state index contributed by atoms with van der Waals surface area (Å²) in [6, 6.07) is 4.19. The van der Waals surface area contributed by atoms with Gasteiger partial charge in [-0.25, -0.2) is 38.1 Å². The Labute approximate surface area is 231 Å². The Morgan fingerprint density at radius 1 is 1.17 bits per heavy atom. The average Bonchev–Trinajstić information content (AvgIpc) is 3.40. The van der Waals surface area contributed by atoms with Crippen LogP contribution in [0.1, 0.15) is 19.9 Å². The summed E-state index contributed by atoms with van der Waals surface area (Å²) in [6.45, 7) is 3.60. The van der Waals surface area contributed by atoms with Crippen molar-refractivity contribution in [3.05, 3.63) is 57.8 Å². The van der Waals surface area contributed by atoms with Crippen LogP contribution in [-0.2, 0) is 18.4 Å². The van der Waals surface area contributed by atoms with Gasteiger partial charge in [0.15, 0.2) is 11.2 Å². The molecule has 1 N–H and O–H groups in total. The average molecular weight is 562 g/mol. The van der Waals surface area contributed by atoms with Crippen LogP contribution in [0.4, 0.5) is 20.5 Å². The number of carbonyl (C=O) groups is 1. The number of piperidine rings is 1. The molecule has 14 heteroatoms. The van der Waals surface area contributed by atoms with Gasteiger partial charge in [-0.3, -0.25) is 14.2 Å². The van der Waals surface area contributed by atoms with Crippen LogP contribution in [0.15, 0.2) is 46.5 Å². The van der Waals surface area contributed by atoms with Gasteiger partial charge >= 0.3 is 5.69 Å². The van der Waals surface area contributed by atoms with Gasteiger partial charge in [-0.1, -0.05) is 12.0 Å². The summed E-state index contributed by atoms with van der Waals surface area (Å²) < 4.78 is 30.7. The van der Waals surface area contributed by atoms with E-state index in [0.717, 1.165) is 4.57 Å². The van der Waals surface area contributed by atoms with Crippen molar-refractivity contribution in [2.75, 3.05) is 23.3 Å². The molecule has 1 amide bonds. The smallest absolute Gasteiger partial charge is 0.333 e. The number of pyridine rings is 1. The summed E-state index contributed by atoms with van der Waals surface area (Å²) >= 11 is 0. The zero-order valence-corrected chi connectivity index (χ0v) is 22.4. The van der Waals surface area contributed by atoms with E-state index in [9.17, 15) is 23.2 Å². The number of fused-ring (bicyclic) bond motifs is 2. The lowest BCUT2D eigenvalue weighted by molar-refractivity contribution is -0.118. The van der Waals surface area contributed by atoms with Crippen molar-refractivity contribution in [2.24, 2.45) is 18.9 Å². The first-order valence-electron chi connectivity index (χ1n) is 12.9. The van der Waals surface area contributed by atoms with Gasteiger partial charge in [0.1, 0.15) is 11.9 Å². The van der Waals surface area contributed by atoms with Crippen molar-refractivity contribution in [3.63, 3.8) is 0 Å². The predicted octanol–water partition coefficient (Wildman–Crippen LogP) is 1.67. The maximum Gasteiger partial charge on any atom is 0.333 e. The standard InChI is InChI=1S/C27H25F2N9O3/c1-4-5-9-37-24(40)21-22(35(3)26(37)41)32-14-38(21)15(2)23(39)34-20-8-6-7-19(33-20)16-10-30-25(31-11-16)36-12-17-18(13-36)27(17,28)29/h6-8,10-11,14-15,17-18H,9,12-13H2,1-3H3,(H,33,34,39). The highest BCUT2D eigenvalue weighted by Crippen LogP contribution is 2.59. The first-order valence-corrected chi connectivity index (χ1v) is 12.9. The quantitative estimate of drug-likeness (QED) is 0.352. The van der Waals surface area contributed by atoms with Crippen LogP contribution in [0.5, 0.6) is 0 Å². The maximum atomic E-state index is 13.5. The second-order valence-corrected chi connectivity index (χ2v) is 10.1. The molecule has 0 bridgehead atoms. The number of anilines is 2. The Morgan fingerprint density at radius 2 is 1.88 bits per heavy atom. The topological polar surface area (TPSA) is 133 Å². The van der Waals surface area contributed by atoms with Crippen LogP contribution in [0.25, 0.3) is 22.4 Å². The first kappa shape index (κ1) is 26.3. The second-order valence-electron chi connectivity index (χ2n) is 10.1. The third-order valence-corrected chi connectivity index (χ3v) is 7.69. The normalized spacial score (nSPS) is 19.4. The number of hydrogen-bond donors (Lipinski definition) is 1. The molecule has 4 aromatic rings. The van der Waals surface area contributed by atoms with E-state index in [0.29, 0.717) is 17.2 Å². The van der Waals surface area contributed by atoms with Gasteiger partial charge in [0, 0.05) is 38.1 Å². The number of hydrogen-bond acceptors (Lipinski definition) is 8. The fourth-order valence-electron chi connectivity index (χ4n) is 5.19. The largest absolute Gasteiger partial charge is 0.340 e. The minimum atomic E-state index is -2.57. The molecule has 4 aromatic heterocycles. The van der Waals surface area contributed by atoms with Crippen molar-refractivity contribution in [1.82, 2.24) is 33.6 Å². The Kier molecular flexibility index (Phi) is 6.17. The Morgan fingerprint density at radius 3 is 2.56 bits per heavy atom. The third kappa shape index (κ3) is 4.33. The molecule has 1 aliphatic heterocycles. The zero-order chi connectivity index (χ0) is 29.1. The molecule has 0 radical (unpaired) electrons. The number of carbonyl (C=O) groups excluding carboxylic acids is 1. The lowest BCUT2D eigenvalue weighted by atomic mass is 10.2. The number of nitrogens with one attached hydrogen (secondary N) is 1. The third-order valence-electron chi connectivity index (χ3n) is 7.69. The van der Waals surface area contributed by atoms with E-state index in [1.54, 1.807) is 49.3 Å². The summed E-state index contributed by atoms with van der Waals surface area (Å²) in [5.41, 5.74) is 0.204. The molecule has 41 heavy (non-hydrogen) atoms. The molecular weight excluding hydrogens is 536 g/mol. The number of aryl methyl sites for hydroxylation is 1. The molecule has 6 rings (SSSR count). The van der Waals surface area contributed by atoms with Crippen LogP contribution >= 0.6 is 0 Å². The number of halogens is 2. The number of imidazole rings is 1. The van der Waals surface area contributed by atoms with E-state index in [4.69, 9.17) is 0 Å². The summed E-state index contributed by atoms with van der Waals surface area (Å²) in [5.74, 6) is 1.75. The van der Waals surface area contributed by atoms with E-state index < -0.39 is 41.0 Å². The second kappa shape index (κ2) is 9.61. The van der Waals surface area contributed by atoms with Gasteiger partial charge in [0.05, 0.1) is 30.4 Å². The summed E-state index contributed by atoms with van der Waals surface area (Å²) in [7, 11) is 1.50. The van der Waals surface area contributed by atoms with Crippen molar-refractivity contribution in [2.45, 2.75) is 32.4 Å². The SMILES string of the molecule is CC#CCn1c(=O)c2c(ncn2C(C)C(=O)Nc2cccc(-c3cnc(N4CC5C(C4)C5(F)F)nc3)n2)n(C)c1=O. The lowest BCUT2D eigenvalue weighted by Gasteiger charge is -2.19. The molecule has 2 fully saturated rings. The Balaban J connectivity index is 1.20. The molecule has 2 aliphatic rings. The minimum Gasteiger partial charge on any atom is -0.340 e. The molecule has 3 atom stereocenters. The van der Waals surface area contributed by atoms with Gasteiger partial charge in [0.25, 0.3) is 11.5 Å². The van der Waals surface area contributed by atoms with Crippen LogP contribution < -0.4 is 21.5 Å². The van der Waals surface area contributed by atoms with E-state index in [1.165, 1.54) is 22.5 Å². The first-order chi connectivity index (χ1) is 19.6. The number of alkyl halides is 2. The molecule has 1 saturated carbocycles. The highest BCUT2D eigenvalue weighted by Gasteiger charge is 2.72. The molecule has 3 unspecified atom stereocenters. The molecule has 12 nitrogen and oxygen atoms in total. The van der Waals surface area contributed by atoms with Gasteiger partial charge < -0.3 is 14.8 Å². The lowest BCUT2D eigenvalue weighted by Crippen LogP contribution is -2.40. The van der Waals surface area contributed by atoms with Crippen LogP contribution in [0, 0.1) is 23.7 Å². The summed E-state index contributed by atoms with van der Waals surface area (Å²) in [6.07, 6.45) is 4.48. The highest BCUT2D eigenvalue weighted by molar-refractivity contribution is 5.93. The highest BCUT2D eigenvalue weighted by atomic mass is 19.3. The number of amides is 1. The van der Waals surface area contributed by atoms with E-state index in [-0.39, 0.29) is 36.6 Å². The molecule has 5 heterocycles. The Hall–Kier alpha value is -4.93. The van der Waals surface area contributed by atoms with Gasteiger partial charge in [-0.05, 0) is 26.0 Å². The molecule has 1 saturated heterocycles. The van der Waals surface area contributed by atoms with E-state index in [1.807, 2.05) is 0 Å². The zero-order valence-electron chi connectivity index (χ0n) is 22.4. The summed E-state index contributed by atoms with van der Waals surface area (Å²) in [4.78, 5) is 58.1. The van der Waals surface area contributed by atoms with Crippen LogP contribution in [0.2, 0.25) is 0 Å². The van der Waals surface area contributed by atoms with E-state index in [2.05, 4.69) is 37.1 Å². The minimum absolute atomic E-state index is 0.0832. The molecule has 0 aromatic carbocycles. The van der Waals surface area contributed by atoms with Crippen molar-refractivity contribution in [3.8, 4) is 23.1 Å². The number of nitrogens with zero attached hydrogens (tertiary/aromatic N) is 8. The fourth-order valence-corrected chi connectivity index (χ4v) is 5.19. The van der Waals surface area contributed by atoms with Crippen LogP contribution in [-0.4, -0.2) is 58.6 Å². The molecule has 0 spiro atoms.